The molecule has 0 bridgehead atoms. The van der Waals surface area contributed by atoms with Gasteiger partial charge in [-0.2, -0.15) is 0 Å². The highest BCUT2D eigenvalue weighted by Gasteiger charge is 2.38. The first-order chi connectivity index (χ1) is 9.56. The Balaban J connectivity index is 1.81. The number of hydrogen-bond acceptors (Lipinski definition) is 3. The van der Waals surface area contributed by atoms with E-state index >= 15 is 0 Å². The van der Waals surface area contributed by atoms with Gasteiger partial charge in [0.15, 0.2) is 6.67 Å². The summed E-state index contributed by atoms with van der Waals surface area (Å²) in [6.07, 6.45) is 0.356. The molecule has 5 nitrogen and oxygen atoms in total. The van der Waals surface area contributed by atoms with Crippen LogP contribution in [-0.2, 0) is 9.53 Å². The predicted molar refractivity (Wildman–Crippen MR) is 73.8 cm³/mol. The molecule has 0 aliphatic carbocycles. The van der Waals surface area contributed by atoms with E-state index in [0.29, 0.717) is 12.2 Å². The molecule has 0 spiro atoms. The Labute approximate surface area is 118 Å². The number of carbonyl (C=O) groups excluding carboxylic acids is 2. The maximum Gasteiger partial charge on any atom is 0.303 e. The summed E-state index contributed by atoms with van der Waals surface area (Å²) in [7, 11) is 0. The van der Waals surface area contributed by atoms with Crippen LogP contribution in [0, 0.1) is 0 Å². The zero-order chi connectivity index (χ0) is 14.3. The maximum absolute atomic E-state index is 12.1. The molecule has 1 saturated heterocycles. The number of benzene rings is 1. The fourth-order valence-electron chi connectivity index (χ4n) is 3.15. The third-order valence-corrected chi connectivity index (χ3v) is 3.88. The smallest absolute Gasteiger partial charge is 0.303 e. The monoisotopic (exact) mass is 275 g/mol. The number of quaternary nitrogens is 1. The molecule has 3 rings (SSSR count). The Morgan fingerprint density at radius 1 is 1.20 bits per heavy atom. The molecule has 1 amide bonds. The molecule has 0 saturated carbocycles. The van der Waals surface area contributed by atoms with E-state index in [2.05, 4.69) is 0 Å². The summed E-state index contributed by atoms with van der Waals surface area (Å²) in [5, 5.41) is 0. The Bertz CT molecular complexity index is 548. The van der Waals surface area contributed by atoms with Crippen LogP contribution in [0.1, 0.15) is 24.2 Å². The minimum Gasteiger partial charge on any atom is -0.364 e. The largest absolute Gasteiger partial charge is 0.364 e. The molecule has 2 aliphatic heterocycles. The molecule has 1 fully saturated rings. The first-order valence-corrected chi connectivity index (χ1v) is 7.00. The van der Waals surface area contributed by atoms with E-state index in [1.54, 1.807) is 17.0 Å². The zero-order valence-corrected chi connectivity index (χ0v) is 11.8. The van der Waals surface area contributed by atoms with Gasteiger partial charge in [-0.05, 0) is 26.0 Å². The minimum absolute atomic E-state index is 0.178. The highest BCUT2D eigenvalue weighted by Crippen LogP contribution is 2.27. The van der Waals surface area contributed by atoms with Crippen molar-refractivity contribution in [1.82, 2.24) is 0 Å². The first kappa shape index (κ1) is 13.3. The zero-order valence-electron chi connectivity index (χ0n) is 11.8. The van der Waals surface area contributed by atoms with E-state index in [9.17, 15) is 9.59 Å². The lowest BCUT2D eigenvalue weighted by molar-refractivity contribution is -0.913. The van der Waals surface area contributed by atoms with Gasteiger partial charge in [0.1, 0.15) is 25.3 Å². The number of ether oxygens (including phenoxy) is 1. The Morgan fingerprint density at radius 3 is 2.55 bits per heavy atom. The van der Waals surface area contributed by atoms with Crippen LogP contribution in [0.4, 0.5) is 5.69 Å². The van der Waals surface area contributed by atoms with Crippen LogP contribution in [0.3, 0.4) is 0 Å². The number of amides is 1. The van der Waals surface area contributed by atoms with Crippen molar-refractivity contribution in [1.29, 1.82) is 0 Å². The number of rotatable bonds is 2. The van der Waals surface area contributed by atoms with E-state index in [0.717, 1.165) is 18.8 Å². The Kier molecular flexibility index (Phi) is 3.31. The molecule has 5 heteroatoms. The maximum atomic E-state index is 12.1. The van der Waals surface area contributed by atoms with Crippen LogP contribution in [0.15, 0.2) is 24.3 Å². The van der Waals surface area contributed by atoms with Crippen LogP contribution in [0.25, 0.3) is 0 Å². The molecule has 0 aromatic heterocycles. The van der Waals surface area contributed by atoms with Gasteiger partial charge in [-0.1, -0.05) is 12.1 Å². The highest BCUT2D eigenvalue weighted by molar-refractivity contribution is 6.52. The quantitative estimate of drug-likeness (QED) is 0.765. The predicted octanol–water partition coefficient (Wildman–Crippen LogP) is -0.134. The third kappa shape index (κ3) is 2.23. The summed E-state index contributed by atoms with van der Waals surface area (Å²) in [4.78, 5) is 27.0. The summed E-state index contributed by atoms with van der Waals surface area (Å²) < 4.78 is 5.71. The van der Waals surface area contributed by atoms with E-state index in [4.69, 9.17) is 4.74 Å². The van der Waals surface area contributed by atoms with Crippen molar-refractivity contribution in [2.24, 2.45) is 0 Å². The fraction of sp³-hybridized carbons (Fsp3) is 0.467. The number of hydrogen-bond donors (Lipinski definition) is 1. The Morgan fingerprint density at radius 2 is 1.85 bits per heavy atom. The van der Waals surface area contributed by atoms with E-state index in [-0.39, 0.29) is 12.2 Å². The molecular formula is C15H19N2O3+. The van der Waals surface area contributed by atoms with Gasteiger partial charge in [0.05, 0.1) is 11.3 Å². The van der Waals surface area contributed by atoms with Crippen molar-refractivity contribution in [2.45, 2.75) is 26.1 Å². The number of carbonyl (C=O) groups is 2. The summed E-state index contributed by atoms with van der Waals surface area (Å²) in [6.45, 7) is 6.32. The van der Waals surface area contributed by atoms with E-state index < -0.39 is 11.7 Å². The van der Waals surface area contributed by atoms with E-state index in [1.807, 2.05) is 26.0 Å². The van der Waals surface area contributed by atoms with Crippen molar-refractivity contribution in [2.75, 3.05) is 24.7 Å². The molecule has 1 aromatic carbocycles. The van der Waals surface area contributed by atoms with Crippen LogP contribution in [-0.4, -0.2) is 43.7 Å². The highest BCUT2D eigenvalue weighted by atomic mass is 16.5. The van der Waals surface area contributed by atoms with Gasteiger partial charge in [-0.25, -0.2) is 0 Å². The lowest BCUT2D eigenvalue weighted by atomic mass is 10.1. The van der Waals surface area contributed by atoms with Gasteiger partial charge in [-0.3, -0.25) is 14.5 Å². The fourth-order valence-corrected chi connectivity index (χ4v) is 3.15. The topological polar surface area (TPSA) is 51.0 Å². The first-order valence-electron chi connectivity index (χ1n) is 7.00. The minimum atomic E-state index is -0.412. The second-order valence-corrected chi connectivity index (χ2v) is 5.65. The molecule has 20 heavy (non-hydrogen) atoms. The van der Waals surface area contributed by atoms with Gasteiger partial charge < -0.3 is 9.64 Å². The van der Waals surface area contributed by atoms with Gasteiger partial charge in [0.2, 0.25) is 0 Å². The van der Waals surface area contributed by atoms with E-state index in [1.165, 1.54) is 4.90 Å². The molecular weight excluding hydrogens is 256 g/mol. The number of Topliss-reactive ketones (excluding diaryl/α,β-unsaturated/α-hetero) is 1. The number of ketones is 1. The van der Waals surface area contributed by atoms with Crippen molar-refractivity contribution in [3.8, 4) is 0 Å². The SMILES string of the molecule is C[C@@H]1C[NH+](CN2C(=O)C(=O)c3ccccc32)C[C@H](C)O1. The lowest BCUT2D eigenvalue weighted by Gasteiger charge is -2.34. The van der Waals surface area contributed by atoms with Crippen molar-refractivity contribution < 1.29 is 19.2 Å². The summed E-state index contributed by atoms with van der Waals surface area (Å²) in [5.41, 5.74) is 1.26. The molecule has 106 valence electrons. The number of anilines is 1. The molecule has 3 atom stereocenters. The van der Waals surface area contributed by atoms with Crippen LogP contribution in [0.2, 0.25) is 0 Å². The van der Waals surface area contributed by atoms with Gasteiger partial charge in [0, 0.05) is 0 Å². The molecule has 1 N–H and O–H groups in total. The number of morpholine rings is 1. The average Bonchev–Trinajstić information content (AvgIpc) is 2.64. The molecule has 1 unspecified atom stereocenters. The van der Waals surface area contributed by atoms with Gasteiger partial charge in [-0.15, -0.1) is 0 Å². The van der Waals surface area contributed by atoms with Crippen LogP contribution < -0.4 is 9.80 Å². The molecule has 2 heterocycles. The van der Waals surface area contributed by atoms with Crippen molar-refractivity contribution >= 4 is 17.4 Å². The number of fused-ring (bicyclic) bond motifs is 1. The summed E-state index contributed by atoms with van der Waals surface area (Å²) >= 11 is 0. The number of nitrogens with one attached hydrogen (secondary N) is 1. The van der Waals surface area contributed by atoms with Crippen molar-refractivity contribution in [3.63, 3.8) is 0 Å². The number of para-hydroxylation sites is 1. The lowest BCUT2D eigenvalue weighted by Crippen LogP contribution is -3.17. The Hall–Kier alpha value is -1.72. The second-order valence-electron chi connectivity index (χ2n) is 5.65. The summed E-state index contributed by atoms with van der Waals surface area (Å²) in [5.74, 6) is -0.806. The number of nitrogens with zero attached hydrogens (tertiary/aromatic N) is 1. The summed E-state index contributed by atoms with van der Waals surface area (Å²) in [6, 6.07) is 7.21. The molecule has 0 radical (unpaired) electrons. The standard InChI is InChI=1S/C15H18N2O3/c1-10-7-16(8-11(2)20-10)9-17-13-6-4-3-5-12(13)14(18)15(17)19/h3-6,10-11H,7-9H2,1-2H3/p+1/t10-,11+. The van der Waals surface area contributed by atoms with Gasteiger partial charge >= 0.3 is 5.91 Å². The van der Waals surface area contributed by atoms with Crippen LogP contribution in [0.5, 0.6) is 0 Å². The average molecular weight is 275 g/mol. The second kappa shape index (κ2) is 5.00. The van der Waals surface area contributed by atoms with Crippen LogP contribution >= 0.6 is 0 Å². The van der Waals surface area contributed by atoms with Gasteiger partial charge in [0.25, 0.3) is 5.78 Å². The molecule has 1 aromatic rings. The third-order valence-electron chi connectivity index (χ3n) is 3.88. The molecule has 2 aliphatic rings. The normalized spacial score (nSPS) is 29.7. The van der Waals surface area contributed by atoms with Crippen molar-refractivity contribution in [3.05, 3.63) is 29.8 Å².